The van der Waals surface area contributed by atoms with Crippen LogP contribution < -0.4 is 9.64 Å². The number of aryl methyl sites for hydroxylation is 2. The zero-order valence-corrected chi connectivity index (χ0v) is 21.4. The Kier molecular flexibility index (Phi) is 6.07. The molecule has 0 N–H and O–H groups in total. The number of ether oxygens (including phenoxy) is 2. The highest BCUT2D eigenvalue weighted by Gasteiger charge is 2.53. The average molecular weight is 531 g/mol. The fraction of sp³-hybridized carbons (Fsp3) is 0.480. The molecule has 1 amide bonds. The van der Waals surface area contributed by atoms with Crippen LogP contribution in [0.4, 0.5) is 5.13 Å². The van der Waals surface area contributed by atoms with Crippen LogP contribution in [0.15, 0.2) is 35.6 Å². The summed E-state index contributed by atoms with van der Waals surface area (Å²) < 4.78 is 12.0. The van der Waals surface area contributed by atoms with Gasteiger partial charge in [0.2, 0.25) is 0 Å². The summed E-state index contributed by atoms with van der Waals surface area (Å²) in [6, 6.07) is 7.12. The van der Waals surface area contributed by atoms with Crippen LogP contribution in [0.25, 0.3) is 0 Å². The lowest BCUT2D eigenvalue weighted by atomic mass is 9.77. The topological polar surface area (TPSA) is 68.7 Å². The molecule has 174 valence electrons. The van der Waals surface area contributed by atoms with E-state index in [-0.39, 0.29) is 29.5 Å². The summed E-state index contributed by atoms with van der Waals surface area (Å²) in [4.78, 5) is 35.1. The van der Waals surface area contributed by atoms with E-state index in [1.165, 1.54) is 11.3 Å². The van der Waals surface area contributed by atoms with E-state index in [2.05, 4.69) is 27.8 Å². The Balaban J connectivity index is 1.58. The number of alkyl halides is 1. The SMILES string of the molecule is CCCOc1ccc(C2C3=C(OC4CCC(Br)CC4C3=O)C(=O)N2c2nc(C)c(C)s2)cc1. The Morgan fingerprint density at radius 1 is 1.21 bits per heavy atom. The van der Waals surface area contributed by atoms with Gasteiger partial charge in [-0.25, -0.2) is 4.98 Å². The second-order valence-electron chi connectivity index (χ2n) is 8.91. The summed E-state index contributed by atoms with van der Waals surface area (Å²) in [6.07, 6.45) is 3.11. The molecule has 6 nitrogen and oxygen atoms in total. The number of benzene rings is 1. The highest BCUT2D eigenvalue weighted by molar-refractivity contribution is 9.09. The molecule has 2 aromatic rings. The molecule has 4 unspecified atom stereocenters. The van der Waals surface area contributed by atoms with Crippen LogP contribution in [0, 0.1) is 19.8 Å². The third-order valence-electron chi connectivity index (χ3n) is 6.68. The predicted molar refractivity (Wildman–Crippen MR) is 131 cm³/mol. The number of anilines is 1. The molecule has 0 spiro atoms. The number of hydrogen-bond donors (Lipinski definition) is 0. The van der Waals surface area contributed by atoms with E-state index in [0.717, 1.165) is 47.6 Å². The van der Waals surface area contributed by atoms with Crippen LogP contribution in [0.2, 0.25) is 0 Å². The molecule has 5 rings (SSSR count). The maximum Gasteiger partial charge on any atom is 0.296 e. The van der Waals surface area contributed by atoms with Gasteiger partial charge in [-0.1, -0.05) is 35.0 Å². The number of carbonyl (C=O) groups is 2. The maximum absolute atomic E-state index is 13.8. The van der Waals surface area contributed by atoms with Gasteiger partial charge in [-0.3, -0.25) is 14.5 Å². The Labute approximate surface area is 206 Å². The van der Waals surface area contributed by atoms with E-state index in [1.54, 1.807) is 4.90 Å². The van der Waals surface area contributed by atoms with Gasteiger partial charge in [-0.2, -0.15) is 0 Å². The summed E-state index contributed by atoms with van der Waals surface area (Å²) in [7, 11) is 0. The Morgan fingerprint density at radius 2 is 1.97 bits per heavy atom. The minimum absolute atomic E-state index is 0.0301. The third-order valence-corrected chi connectivity index (χ3v) is 8.58. The monoisotopic (exact) mass is 530 g/mol. The molecular weight excluding hydrogens is 504 g/mol. The Bertz CT molecular complexity index is 1110. The summed E-state index contributed by atoms with van der Waals surface area (Å²) in [5, 5.41) is 0.596. The van der Waals surface area contributed by atoms with E-state index in [4.69, 9.17) is 9.47 Å². The second kappa shape index (κ2) is 8.87. The minimum atomic E-state index is -0.554. The number of thiazole rings is 1. The van der Waals surface area contributed by atoms with Crippen LogP contribution in [-0.4, -0.2) is 34.2 Å². The first-order valence-corrected chi connectivity index (χ1v) is 13.2. The summed E-state index contributed by atoms with van der Waals surface area (Å²) >= 11 is 5.16. The van der Waals surface area contributed by atoms with Gasteiger partial charge in [0.05, 0.1) is 29.8 Å². The van der Waals surface area contributed by atoms with Crippen LogP contribution in [0.3, 0.4) is 0 Å². The molecule has 33 heavy (non-hydrogen) atoms. The number of rotatable bonds is 5. The Hall–Kier alpha value is -2.19. The van der Waals surface area contributed by atoms with Crippen molar-refractivity contribution in [3.63, 3.8) is 0 Å². The van der Waals surface area contributed by atoms with Crippen LogP contribution >= 0.6 is 27.3 Å². The molecule has 4 atom stereocenters. The summed E-state index contributed by atoms with van der Waals surface area (Å²) in [5.74, 6) is 0.498. The molecule has 8 heteroatoms. The van der Waals surface area contributed by atoms with Gasteiger partial charge in [0.25, 0.3) is 5.91 Å². The predicted octanol–water partition coefficient (Wildman–Crippen LogP) is 5.42. The van der Waals surface area contributed by atoms with Gasteiger partial charge in [0, 0.05) is 9.70 Å². The smallest absolute Gasteiger partial charge is 0.296 e. The van der Waals surface area contributed by atoms with Crippen molar-refractivity contribution in [2.75, 3.05) is 11.5 Å². The van der Waals surface area contributed by atoms with Gasteiger partial charge in [-0.05, 0) is 57.2 Å². The van der Waals surface area contributed by atoms with E-state index in [0.29, 0.717) is 22.1 Å². The van der Waals surface area contributed by atoms with Gasteiger partial charge in [0.15, 0.2) is 16.7 Å². The van der Waals surface area contributed by atoms with Gasteiger partial charge in [0.1, 0.15) is 11.9 Å². The number of nitrogens with zero attached hydrogens (tertiary/aromatic N) is 2. The van der Waals surface area contributed by atoms with Crippen molar-refractivity contribution in [2.24, 2.45) is 5.92 Å². The number of ketones is 1. The van der Waals surface area contributed by atoms with Crippen LogP contribution in [0.5, 0.6) is 5.75 Å². The molecule has 1 saturated carbocycles. The molecule has 3 heterocycles. The number of carbonyl (C=O) groups excluding carboxylic acids is 2. The lowest BCUT2D eigenvalue weighted by Crippen LogP contribution is -2.41. The zero-order chi connectivity index (χ0) is 23.3. The van der Waals surface area contributed by atoms with Crippen molar-refractivity contribution >= 4 is 44.1 Å². The van der Waals surface area contributed by atoms with E-state index < -0.39 is 6.04 Å². The number of fused-ring (bicyclic) bond motifs is 1. The first-order valence-electron chi connectivity index (χ1n) is 11.5. The highest BCUT2D eigenvalue weighted by atomic mass is 79.9. The molecule has 1 aliphatic carbocycles. The van der Waals surface area contributed by atoms with Gasteiger partial charge in [-0.15, -0.1) is 11.3 Å². The maximum atomic E-state index is 13.8. The Morgan fingerprint density at radius 3 is 2.64 bits per heavy atom. The molecule has 3 aliphatic rings. The van der Waals surface area contributed by atoms with Crippen molar-refractivity contribution in [1.29, 1.82) is 0 Å². The fourth-order valence-corrected chi connectivity index (χ4v) is 6.46. The first kappa shape index (κ1) is 22.6. The molecule has 0 radical (unpaired) electrons. The minimum Gasteiger partial charge on any atom is -0.494 e. The van der Waals surface area contributed by atoms with E-state index in [9.17, 15) is 9.59 Å². The quantitative estimate of drug-likeness (QED) is 0.482. The molecule has 0 saturated heterocycles. The molecule has 1 aromatic carbocycles. The molecule has 2 aliphatic heterocycles. The van der Waals surface area contributed by atoms with Crippen molar-refractivity contribution in [3.05, 3.63) is 51.7 Å². The average Bonchev–Trinajstić information content (AvgIpc) is 3.29. The lowest BCUT2D eigenvalue weighted by Gasteiger charge is -2.37. The largest absolute Gasteiger partial charge is 0.494 e. The molecule has 0 bridgehead atoms. The lowest BCUT2D eigenvalue weighted by molar-refractivity contribution is -0.131. The number of hydrogen-bond acceptors (Lipinski definition) is 6. The second-order valence-corrected chi connectivity index (χ2v) is 11.4. The number of Topliss-reactive ketones (excluding diaryl/α,β-unsaturated/α-hetero) is 1. The molecular formula is C25H27BrN2O4S. The zero-order valence-electron chi connectivity index (χ0n) is 19.0. The standard InChI is InChI=1S/C25H27BrN2O4S/c1-4-11-31-17-8-5-15(6-9-17)21-20-22(29)18-12-16(26)7-10-19(18)32-23(20)24(30)28(21)25-27-13(2)14(3)33-25/h5-6,8-9,16,18-19,21H,4,7,10-12H2,1-3H3. The third kappa shape index (κ3) is 3.91. The van der Waals surface area contributed by atoms with Crippen molar-refractivity contribution in [3.8, 4) is 5.75 Å². The fourth-order valence-electron chi connectivity index (χ4n) is 4.85. The van der Waals surface area contributed by atoms with Crippen molar-refractivity contribution in [2.45, 2.75) is 63.4 Å². The van der Waals surface area contributed by atoms with Crippen molar-refractivity contribution < 1.29 is 19.1 Å². The summed E-state index contributed by atoms with van der Waals surface area (Å²) in [6.45, 7) is 6.63. The van der Waals surface area contributed by atoms with E-state index >= 15 is 0 Å². The highest BCUT2D eigenvalue weighted by Crippen LogP contribution is 2.49. The number of halogens is 1. The van der Waals surface area contributed by atoms with Crippen LogP contribution in [0.1, 0.15) is 54.8 Å². The molecule has 1 aromatic heterocycles. The molecule has 1 fully saturated rings. The normalized spacial score (nSPS) is 26.8. The van der Waals surface area contributed by atoms with Gasteiger partial charge >= 0.3 is 0 Å². The first-order chi connectivity index (χ1) is 15.9. The van der Waals surface area contributed by atoms with Gasteiger partial charge < -0.3 is 9.47 Å². The van der Waals surface area contributed by atoms with Crippen molar-refractivity contribution in [1.82, 2.24) is 4.98 Å². The van der Waals surface area contributed by atoms with E-state index in [1.807, 2.05) is 38.1 Å². The van der Waals surface area contributed by atoms with Crippen LogP contribution in [-0.2, 0) is 14.3 Å². The summed E-state index contributed by atoms with van der Waals surface area (Å²) in [5.41, 5.74) is 2.21. The number of aromatic nitrogens is 1. The number of amides is 1.